The average molecular weight is 358 g/mol. The fraction of sp³-hybridized carbons (Fsp3) is 0. The molecular formula is C21H14N2O4. The molecule has 0 atom stereocenters. The van der Waals surface area contributed by atoms with Crippen LogP contribution in [0.5, 0.6) is 17.2 Å². The van der Waals surface area contributed by atoms with E-state index >= 15 is 0 Å². The third-order valence-corrected chi connectivity index (χ3v) is 3.74. The molecule has 0 unspecified atom stereocenters. The molecule has 0 saturated heterocycles. The Bertz CT molecular complexity index is 1010. The van der Waals surface area contributed by atoms with Crippen molar-refractivity contribution < 1.29 is 18.7 Å². The normalized spacial score (nSPS) is 10.4. The summed E-state index contributed by atoms with van der Waals surface area (Å²) in [4.78, 5) is 12.3. The molecule has 1 heterocycles. The summed E-state index contributed by atoms with van der Waals surface area (Å²) < 4.78 is 16.2. The first-order chi connectivity index (χ1) is 13.3. The van der Waals surface area contributed by atoms with Crippen molar-refractivity contribution in [3.63, 3.8) is 0 Å². The molecule has 0 N–H and O–H groups in total. The van der Waals surface area contributed by atoms with Crippen molar-refractivity contribution in [1.82, 2.24) is 10.2 Å². The highest BCUT2D eigenvalue weighted by atomic mass is 16.5. The van der Waals surface area contributed by atoms with Gasteiger partial charge >= 0.3 is 5.97 Å². The summed E-state index contributed by atoms with van der Waals surface area (Å²) >= 11 is 0. The zero-order valence-electron chi connectivity index (χ0n) is 14.1. The number of hydrogen-bond acceptors (Lipinski definition) is 6. The number of rotatable bonds is 5. The zero-order valence-corrected chi connectivity index (χ0v) is 14.1. The fourth-order valence-electron chi connectivity index (χ4n) is 2.41. The van der Waals surface area contributed by atoms with Gasteiger partial charge in [0.15, 0.2) is 0 Å². The van der Waals surface area contributed by atoms with E-state index in [1.54, 1.807) is 48.5 Å². The minimum Gasteiger partial charge on any atom is -0.457 e. The van der Waals surface area contributed by atoms with Crippen LogP contribution >= 0.6 is 0 Å². The summed E-state index contributed by atoms with van der Waals surface area (Å²) in [7, 11) is 0. The number of aromatic nitrogens is 2. The van der Waals surface area contributed by atoms with Crippen molar-refractivity contribution >= 4 is 5.97 Å². The maximum absolute atomic E-state index is 12.3. The van der Waals surface area contributed by atoms with Gasteiger partial charge in [0.1, 0.15) is 17.2 Å². The standard InChI is InChI=1S/C21H14N2O4/c24-21(27-19-10-6-15(7-11-19)20-23-22-14-25-20)16-8-12-18(13-9-16)26-17-4-2-1-3-5-17/h1-14H. The summed E-state index contributed by atoms with van der Waals surface area (Å²) in [5.74, 6) is 1.75. The highest BCUT2D eigenvalue weighted by Gasteiger charge is 2.10. The number of ether oxygens (including phenoxy) is 2. The van der Waals surface area contributed by atoms with Gasteiger partial charge < -0.3 is 13.9 Å². The molecule has 0 aliphatic carbocycles. The van der Waals surface area contributed by atoms with Crippen molar-refractivity contribution in [2.45, 2.75) is 0 Å². The predicted octanol–water partition coefficient (Wildman–Crippen LogP) is 4.75. The van der Waals surface area contributed by atoms with E-state index < -0.39 is 5.97 Å². The van der Waals surface area contributed by atoms with E-state index in [1.807, 2.05) is 30.3 Å². The number of esters is 1. The van der Waals surface area contributed by atoms with Gasteiger partial charge in [0, 0.05) is 5.56 Å². The lowest BCUT2D eigenvalue weighted by Gasteiger charge is -2.07. The van der Waals surface area contributed by atoms with Crippen molar-refractivity contribution in [1.29, 1.82) is 0 Å². The Morgan fingerprint density at radius 1 is 0.778 bits per heavy atom. The van der Waals surface area contributed by atoms with Crippen LogP contribution in [0.1, 0.15) is 10.4 Å². The number of nitrogens with zero attached hydrogens (tertiary/aromatic N) is 2. The first kappa shape index (κ1) is 16.5. The van der Waals surface area contributed by atoms with Gasteiger partial charge in [-0.05, 0) is 60.7 Å². The van der Waals surface area contributed by atoms with Gasteiger partial charge in [-0.2, -0.15) is 0 Å². The molecule has 1 aromatic heterocycles. The van der Waals surface area contributed by atoms with Crippen molar-refractivity contribution in [2.75, 3.05) is 0 Å². The minimum atomic E-state index is -0.452. The molecule has 27 heavy (non-hydrogen) atoms. The van der Waals surface area contributed by atoms with Crippen LogP contribution in [-0.2, 0) is 0 Å². The molecule has 132 valence electrons. The Morgan fingerprint density at radius 3 is 2.11 bits per heavy atom. The van der Waals surface area contributed by atoms with Crippen LogP contribution in [0, 0.1) is 0 Å². The number of para-hydroxylation sites is 1. The maximum atomic E-state index is 12.3. The van der Waals surface area contributed by atoms with Crippen molar-refractivity contribution in [3.05, 3.63) is 90.8 Å². The highest BCUT2D eigenvalue weighted by molar-refractivity contribution is 5.91. The fourth-order valence-corrected chi connectivity index (χ4v) is 2.41. The van der Waals surface area contributed by atoms with E-state index in [1.165, 1.54) is 6.39 Å². The molecule has 3 aromatic carbocycles. The third kappa shape index (κ3) is 4.01. The number of hydrogen-bond donors (Lipinski definition) is 0. The lowest BCUT2D eigenvalue weighted by molar-refractivity contribution is 0.0735. The Labute approximate surface area is 155 Å². The summed E-state index contributed by atoms with van der Waals surface area (Å²) in [6.07, 6.45) is 1.26. The molecule has 0 bridgehead atoms. The first-order valence-corrected chi connectivity index (χ1v) is 8.20. The summed E-state index contributed by atoms with van der Waals surface area (Å²) in [5.41, 5.74) is 1.17. The molecule has 0 aliphatic heterocycles. The zero-order chi connectivity index (χ0) is 18.5. The van der Waals surface area contributed by atoms with E-state index in [2.05, 4.69) is 10.2 Å². The maximum Gasteiger partial charge on any atom is 0.343 e. The van der Waals surface area contributed by atoms with Gasteiger partial charge in [-0.15, -0.1) is 10.2 Å². The second-order valence-electron chi connectivity index (χ2n) is 5.60. The van der Waals surface area contributed by atoms with Gasteiger partial charge in [0.2, 0.25) is 12.3 Å². The summed E-state index contributed by atoms with van der Waals surface area (Å²) in [6.45, 7) is 0. The topological polar surface area (TPSA) is 74.5 Å². The van der Waals surface area contributed by atoms with Crippen LogP contribution in [0.15, 0.2) is 89.7 Å². The molecule has 4 rings (SSSR count). The Kier molecular flexibility index (Phi) is 4.61. The Hall–Kier alpha value is -3.93. The number of carbonyl (C=O) groups excluding carboxylic acids is 1. The van der Waals surface area contributed by atoms with E-state index in [4.69, 9.17) is 13.9 Å². The third-order valence-electron chi connectivity index (χ3n) is 3.74. The molecule has 0 aliphatic rings. The molecular weight excluding hydrogens is 344 g/mol. The second kappa shape index (κ2) is 7.53. The van der Waals surface area contributed by atoms with E-state index in [0.29, 0.717) is 23.0 Å². The van der Waals surface area contributed by atoms with Crippen LogP contribution in [0.25, 0.3) is 11.5 Å². The number of benzene rings is 3. The lowest BCUT2D eigenvalue weighted by Crippen LogP contribution is -2.08. The first-order valence-electron chi connectivity index (χ1n) is 8.20. The van der Waals surface area contributed by atoms with Gasteiger partial charge in [-0.1, -0.05) is 18.2 Å². The molecule has 4 aromatic rings. The van der Waals surface area contributed by atoms with E-state index in [9.17, 15) is 4.79 Å². The molecule has 0 saturated carbocycles. The Balaban J connectivity index is 1.40. The largest absolute Gasteiger partial charge is 0.457 e. The Morgan fingerprint density at radius 2 is 1.44 bits per heavy atom. The van der Waals surface area contributed by atoms with E-state index in [-0.39, 0.29) is 0 Å². The van der Waals surface area contributed by atoms with Crippen molar-refractivity contribution in [3.8, 4) is 28.7 Å². The second-order valence-corrected chi connectivity index (χ2v) is 5.60. The molecule has 0 spiro atoms. The van der Waals surface area contributed by atoms with Crippen molar-refractivity contribution in [2.24, 2.45) is 0 Å². The van der Waals surface area contributed by atoms with Gasteiger partial charge in [0.05, 0.1) is 5.56 Å². The minimum absolute atomic E-state index is 0.405. The SMILES string of the molecule is O=C(Oc1ccc(-c2nnco2)cc1)c1ccc(Oc2ccccc2)cc1. The quantitative estimate of drug-likeness (QED) is 0.379. The predicted molar refractivity (Wildman–Crippen MR) is 97.7 cm³/mol. The average Bonchev–Trinajstić information content (AvgIpc) is 3.25. The lowest BCUT2D eigenvalue weighted by atomic mass is 10.2. The number of carbonyl (C=O) groups is 1. The smallest absolute Gasteiger partial charge is 0.343 e. The van der Waals surface area contributed by atoms with Gasteiger partial charge in [-0.25, -0.2) is 4.79 Å². The summed E-state index contributed by atoms with van der Waals surface area (Å²) in [6, 6.07) is 23.0. The van der Waals surface area contributed by atoms with Gasteiger partial charge in [0.25, 0.3) is 0 Å². The monoisotopic (exact) mass is 358 g/mol. The molecule has 0 radical (unpaired) electrons. The molecule has 6 nitrogen and oxygen atoms in total. The highest BCUT2D eigenvalue weighted by Crippen LogP contribution is 2.23. The van der Waals surface area contributed by atoms with Crippen LogP contribution in [0.2, 0.25) is 0 Å². The van der Waals surface area contributed by atoms with Crippen LogP contribution in [0.3, 0.4) is 0 Å². The van der Waals surface area contributed by atoms with Gasteiger partial charge in [-0.3, -0.25) is 0 Å². The van der Waals surface area contributed by atoms with Crippen LogP contribution in [-0.4, -0.2) is 16.2 Å². The van der Waals surface area contributed by atoms with Crippen LogP contribution < -0.4 is 9.47 Å². The van der Waals surface area contributed by atoms with Crippen LogP contribution in [0.4, 0.5) is 0 Å². The summed E-state index contributed by atoms with van der Waals surface area (Å²) in [5, 5.41) is 7.46. The molecule has 6 heteroatoms. The molecule has 0 fully saturated rings. The van der Waals surface area contributed by atoms with E-state index in [0.717, 1.165) is 11.3 Å². The molecule has 0 amide bonds.